The maximum atomic E-state index is 12.9. The Kier molecular flexibility index (Phi) is 4.33. The number of nitrogens with zero attached hydrogens (tertiary/aromatic N) is 2. The Balaban J connectivity index is 1.67. The molecule has 3 aromatic rings. The molecule has 0 aliphatic heterocycles. The van der Waals surface area contributed by atoms with Crippen LogP contribution in [0.5, 0.6) is 0 Å². The monoisotopic (exact) mass is 333 g/mol. The van der Waals surface area contributed by atoms with Gasteiger partial charge in [-0.15, -0.1) is 16.4 Å². The summed E-state index contributed by atoms with van der Waals surface area (Å²) in [7, 11) is 0. The number of carbonyl (C=O) groups excluding carboxylic acids is 1. The van der Waals surface area contributed by atoms with Crippen molar-refractivity contribution in [3.05, 3.63) is 63.0 Å². The quantitative estimate of drug-likeness (QED) is 0.775. The van der Waals surface area contributed by atoms with Crippen molar-refractivity contribution in [2.24, 2.45) is 0 Å². The predicted molar refractivity (Wildman–Crippen MR) is 82.3 cm³/mol. The van der Waals surface area contributed by atoms with E-state index in [0.717, 1.165) is 9.56 Å². The number of hydrogen-bond donors (Lipinski definition) is 1. The van der Waals surface area contributed by atoms with Crippen LogP contribution in [0.2, 0.25) is 0 Å². The maximum absolute atomic E-state index is 12.9. The molecule has 118 valence electrons. The molecule has 0 radical (unpaired) electrons. The van der Waals surface area contributed by atoms with Crippen LogP contribution in [-0.2, 0) is 17.9 Å². The Hall–Kier alpha value is -2.74. The Labute approximate surface area is 134 Å². The smallest absolute Gasteiger partial charge is 0.388 e. The lowest BCUT2D eigenvalue weighted by Gasteiger charge is -2.02. The summed E-state index contributed by atoms with van der Waals surface area (Å²) < 4.78 is 18.8. The maximum Gasteiger partial charge on any atom is 0.437 e. The van der Waals surface area contributed by atoms with Crippen LogP contribution >= 0.6 is 11.3 Å². The van der Waals surface area contributed by atoms with Crippen LogP contribution in [0, 0.1) is 5.82 Å². The Morgan fingerprint density at radius 2 is 2.09 bits per heavy atom. The first kappa shape index (κ1) is 15.2. The zero-order valence-electron chi connectivity index (χ0n) is 11.9. The second-order valence-corrected chi connectivity index (χ2v) is 5.73. The summed E-state index contributed by atoms with van der Waals surface area (Å²) in [6.07, 6.45) is 0. The number of carbonyl (C=O) groups is 1. The Bertz CT molecular complexity index is 853. The largest absolute Gasteiger partial charge is 0.437 e. The van der Waals surface area contributed by atoms with Crippen LogP contribution in [0.3, 0.4) is 0 Å². The first-order valence-corrected chi connectivity index (χ1v) is 7.63. The van der Waals surface area contributed by atoms with E-state index >= 15 is 0 Å². The van der Waals surface area contributed by atoms with Crippen molar-refractivity contribution in [2.45, 2.75) is 13.1 Å². The van der Waals surface area contributed by atoms with Crippen LogP contribution < -0.4 is 11.1 Å². The van der Waals surface area contributed by atoms with E-state index in [4.69, 9.17) is 4.42 Å². The second-order valence-electron chi connectivity index (χ2n) is 4.69. The summed E-state index contributed by atoms with van der Waals surface area (Å²) >= 11 is 1.53. The van der Waals surface area contributed by atoms with Gasteiger partial charge in [-0.1, -0.05) is 6.07 Å². The van der Waals surface area contributed by atoms with Gasteiger partial charge >= 0.3 is 5.76 Å². The Morgan fingerprint density at radius 1 is 1.30 bits per heavy atom. The fourth-order valence-electron chi connectivity index (χ4n) is 1.91. The van der Waals surface area contributed by atoms with Gasteiger partial charge in [-0.05, 0) is 35.7 Å². The number of benzene rings is 1. The fourth-order valence-corrected chi connectivity index (χ4v) is 2.55. The van der Waals surface area contributed by atoms with Crippen LogP contribution in [-0.4, -0.2) is 15.7 Å². The summed E-state index contributed by atoms with van der Waals surface area (Å²) in [6.45, 7) is 0.156. The molecule has 3 rings (SSSR count). The van der Waals surface area contributed by atoms with Gasteiger partial charge in [0.15, 0.2) is 0 Å². The molecule has 23 heavy (non-hydrogen) atoms. The lowest BCUT2D eigenvalue weighted by molar-refractivity contribution is -0.122. The van der Waals surface area contributed by atoms with Crippen LogP contribution in [0.15, 0.2) is 51.0 Å². The number of hydrogen-bond acceptors (Lipinski definition) is 5. The van der Waals surface area contributed by atoms with Crippen LogP contribution in [0.4, 0.5) is 4.39 Å². The van der Waals surface area contributed by atoms with E-state index in [1.165, 1.54) is 35.6 Å². The summed E-state index contributed by atoms with van der Waals surface area (Å²) in [5, 5.41) is 8.56. The molecule has 6 nitrogen and oxygen atoms in total. The number of thiophene rings is 1. The topological polar surface area (TPSA) is 77.1 Å². The molecule has 0 fully saturated rings. The zero-order valence-corrected chi connectivity index (χ0v) is 12.7. The normalized spacial score (nSPS) is 10.7. The van der Waals surface area contributed by atoms with E-state index in [2.05, 4.69) is 10.4 Å². The van der Waals surface area contributed by atoms with Gasteiger partial charge in [0.25, 0.3) is 0 Å². The zero-order chi connectivity index (χ0) is 16.2. The first-order valence-electron chi connectivity index (χ1n) is 6.75. The van der Waals surface area contributed by atoms with Crippen molar-refractivity contribution >= 4 is 17.2 Å². The van der Waals surface area contributed by atoms with Gasteiger partial charge in [0.2, 0.25) is 11.8 Å². The summed E-state index contributed by atoms with van der Waals surface area (Å²) in [6, 6.07) is 9.16. The highest BCUT2D eigenvalue weighted by Crippen LogP contribution is 2.15. The molecule has 0 spiro atoms. The van der Waals surface area contributed by atoms with E-state index in [1.807, 2.05) is 17.5 Å². The van der Waals surface area contributed by atoms with Crippen molar-refractivity contribution in [2.75, 3.05) is 0 Å². The molecular formula is C15H12FN3O3S. The molecule has 8 heteroatoms. The molecule has 1 aromatic carbocycles. The number of nitrogens with one attached hydrogen (secondary N) is 1. The van der Waals surface area contributed by atoms with Gasteiger partial charge < -0.3 is 9.73 Å². The molecule has 0 aliphatic carbocycles. The predicted octanol–water partition coefficient (Wildman–Crippen LogP) is 2.02. The Morgan fingerprint density at radius 3 is 2.78 bits per heavy atom. The van der Waals surface area contributed by atoms with Crippen molar-refractivity contribution < 1.29 is 13.6 Å². The van der Waals surface area contributed by atoms with Gasteiger partial charge in [0.1, 0.15) is 12.4 Å². The highest BCUT2D eigenvalue weighted by Gasteiger charge is 2.13. The van der Waals surface area contributed by atoms with Crippen molar-refractivity contribution in [1.29, 1.82) is 0 Å². The summed E-state index contributed by atoms with van der Waals surface area (Å²) in [5.74, 6) is -1.44. The van der Waals surface area contributed by atoms with Gasteiger partial charge in [-0.2, -0.15) is 4.68 Å². The van der Waals surface area contributed by atoms with E-state index in [9.17, 15) is 14.0 Å². The molecular weight excluding hydrogens is 321 g/mol. The van der Waals surface area contributed by atoms with E-state index < -0.39 is 11.6 Å². The number of aromatic nitrogens is 2. The van der Waals surface area contributed by atoms with Crippen molar-refractivity contribution in [1.82, 2.24) is 15.1 Å². The van der Waals surface area contributed by atoms with Gasteiger partial charge in [-0.3, -0.25) is 4.79 Å². The second kappa shape index (κ2) is 6.57. The minimum absolute atomic E-state index is 0.0426. The van der Waals surface area contributed by atoms with Crippen molar-refractivity contribution in [3.8, 4) is 11.5 Å². The molecule has 0 saturated carbocycles. The molecule has 2 heterocycles. The third-order valence-corrected chi connectivity index (χ3v) is 3.91. The molecule has 0 aliphatic rings. The lowest BCUT2D eigenvalue weighted by atomic mass is 10.2. The molecule has 0 atom stereocenters. The number of halogens is 1. The van der Waals surface area contributed by atoms with Gasteiger partial charge in [-0.25, -0.2) is 9.18 Å². The summed E-state index contributed by atoms with van der Waals surface area (Å²) in [5.41, 5.74) is 0.459. The number of rotatable bonds is 5. The third kappa shape index (κ3) is 3.72. The average Bonchev–Trinajstić information content (AvgIpc) is 3.17. The van der Waals surface area contributed by atoms with Gasteiger partial charge in [0.05, 0.1) is 6.54 Å². The lowest BCUT2D eigenvalue weighted by Crippen LogP contribution is -2.30. The molecule has 0 unspecified atom stereocenters. The summed E-state index contributed by atoms with van der Waals surface area (Å²) in [4.78, 5) is 24.6. The number of amides is 1. The molecule has 1 N–H and O–H groups in total. The SMILES string of the molecule is O=C(Cn1nc(-c2ccc(F)cc2)oc1=O)NCc1cccs1. The molecule has 0 saturated heterocycles. The molecule has 2 aromatic heterocycles. The third-order valence-electron chi connectivity index (χ3n) is 3.03. The molecule has 1 amide bonds. The van der Waals surface area contributed by atoms with Crippen LogP contribution in [0.1, 0.15) is 4.88 Å². The van der Waals surface area contributed by atoms with Crippen LogP contribution in [0.25, 0.3) is 11.5 Å². The average molecular weight is 333 g/mol. The van der Waals surface area contributed by atoms with Crippen molar-refractivity contribution in [3.63, 3.8) is 0 Å². The highest BCUT2D eigenvalue weighted by atomic mass is 32.1. The standard InChI is InChI=1S/C15H12FN3O3S/c16-11-5-3-10(4-6-11)14-18-19(15(21)22-14)9-13(20)17-8-12-2-1-7-23-12/h1-7H,8-9H2,(H,17,20). The van der Waals surface area contributed by atoms with Gasteiger partial charge in [0, 0.05) is 10.4 Å². The molecule has 0 bridgehead atoms. The van der Waals surface area contributed by atoms with E-state index in [-0.39, 0.29) is 18.3 Å². The minimum Gasteiger partial charge on any atom is -0.388 e. The highest BCUT2D eigenvalue weighted by molar-refractivity contribution is 7.09. The van der Waals surface area contributed by atoms with E-state index in [0.29, 0.717) is 12.1 Å². The first-order chi connectivity index (χ1) is 11.1. The minimum atomic E-state index is -0.740. The fraction of sp³-hybridized carbons (Fsp3) is 0.133. The van der Waals surface area contributed by atoms with E-state index in [1.54, 1.807) is 0 Å².